The lowest BCUT2D eigenvalue weighted by Crippen LogP contribution is -2.52. The third-order valence-corrected chi connectivity index (χ3v) is 7.36. The van der Waals surface area contributed by atoms with E-state index in [0.29, 0.717) is 37.9 Å². The van der Waals surface area contributed by atoms with Crippen LogP contribution in [0.3, 0.4) is 0 Å². The van der Waals surface area contributed by atoms with Gasteiger partial charge >= 0.3 is 0 Å². The summed E-state index contributed by atoms with van der Waals surface area (Å²) in [6.07, 6.45) is 7.51. The Morgan fingerprint density at radius 1 is 1.09 bits per heavy atom. The molecule has 2 fully saturated rings. The summed E-state index contributed by atoms with van der Waals surface area (Å²) in [6.45, 7) is 1.77. The molecule has 0 spiro atoms. The summed E-state index contributed by atoms with van der Waals surface area (Å²) in [5.74, 6) is 0.925. The number of benzene rings is 1. The van der Waals surface area contributed by atoms with E-state index in [9.17, 15) is 12.8 Å². The standard InChI is InChI=1S/C24H32FN3O3S/c1-32(29,30)27-23-13-14-28(24-12-9-21(25)15-26-24)16-20(23)17-31-22-10-7-19(8-11-22)18-5-3-2-4-6-18/h2-6,9,12,15,19-20,22-23,27H,7-8,10-11,13-14,16-17H2,1H3/t19?,20-,22?,23-/m0/s1. The summed E-state index contributed by atoms with van der Waals surface area (Å²) in [7, 11) is -3.31. The van der Waals surface area contributed by atoms with Crippen molar-refractivity contribution in [2.45, 2.75) is 50.2 Å². The molecular formula is C24H32FN3O3S. The van der Waals surface area contributed by atoms with Crippen LogP contribution in [-0.2, 0) is 14.8 Å². The number of nitrogens with zero attached hydrogens (tertiary/aromatic N) is 2. The summed E-state index contributed by atoms with van der Waals surface area (Å²) in [4.78, 5) is 6.28. The van der Waals surface area contributed by atoms with Crippen LogP contribution < -0.4 is 9.62 Å². The van der Waals surface area contributed by atoms with Crippen LogP contribution in [0.15, 0.2) is 48.7 Å². The van der Waals surface area contributed by atoms with Gasteiger partial charge in [-0.25, -0.2) is 22.5 Å². The van der Waals surface area contributed by atoms with Crippen molar-refractivity contribution in [2.75, 3.05) is 30.9 Å². The molecule has 0 bridgehead atoms. The van der Waals surface area contributed by atoms with Gasteiger partial charge in [0.15, 0.2) is 0 Å². The highest BCUT2D eigenvalue weighted by Gasteiger charge is 2.33. The molecule has 2 aliphatic rings. The minimum atomic E-state index is -3.31. The molecule has 2 atom stereocenters. The largest absolute Gasteiger partial charge is 0.378 e. The first-order valence-electron chi connectivity index (χ1n) is 11.4. The minimum Gasteiger partial charge on any atom is -0.378 e. The van der Waals surface area contributed by atoms with Crippen molar-refractivity contribution in [1.82, 2.24) is 9.71 Å². The smallest absolute Gasteiger partial charge is 0.208 e. The number of anilines is 1. The van der Waals surface area contributed by atoms with Gasteiger partial charge in [-0.2, -0.15) is 0 Å². The fourth-order valence-electron chi connectivity index (χ4n) is 4.94. The number of piperidine rings is 1. The van der Waals surface area contributed by atoms with E-state index in [0.717, 1.165) is 25.7 Å². The monoisotopic (exact) mass is 461 g/mol. The van der Waals surface area contributed by atoms with Crippen LogP contribution in [0.4, 0.5) is 10.2 Å². The number of hydrogen-bond acceptors (Lipinski definition) is 5. The molecule has 2 aromatic rings. The highest BCUT2D eigenvalue weighted by Crippen LogP contribution is 2.34. The van der Waals surface area contributed by atoms with Gasteiger partial charge in [0.1, 0.15) is 11.6 Å². The molecule has 1 N–H and O–H groups in total. The van der Waals surface area contributed by atoms with Gasteiger partial charge in [0, 0.05) is 25.0 Å². The van der Waals surface area contributed by atoms with Crippen molar-refractivity contribution in [3.05, 3.63) is 60.0 Å². The molecule has 2 heterocycles. The number of rotatable bonds is 7. The van der Waals surface area contributed by atoms with Gasteiger partial charge in [0.2, 0.25) is 10.0 Å². The number of nitrogens with one attached hydrogen (secondary N) is 1. The third-order valence-electron chi connectivity index (χ3n) is 6.63. The number of aromatic nitrogens is 1. The quantitative estimate of drug-likeness (QED) is 0.681. The van der Waals surface area contributed by atoms with Crippen molar-refractivity contribution >= 4 is 15.8 Å². The van der Waals surface area contributed by atoms with Gasteiger partial charge in [-0.1, -0.05) is 30.3 Å². The normalized spacial score (nSPS) is 26.8. The SMILES string of the molecule is CS(=O)(=O)N[C@H]1CCN(c2ccc(F)cn2)C[C@H]1COC1CCC(c2ccccc2)CC1. The molecular weight excluding hydrogens is 429 g/mol. The van der Waals surface area contributed by atoms with Crippen LogP contribution in [0.1, 0.15) is 43.6 Å². The number of halogens is 1. The number of sulfonamides is 1. The topological polar surface area (TPSA) is 71.5 Å². The Kier molecular flexibility index (Phi) is 7.43. The average Bonchev–Trinajstić information content (AvgIpc) is 2.79. The van der Waals surface area contributed by atoms with Crippen LogP contribution >= 0.6 is 0 Å². The van der Waals surface area contributed by atoms with Gasteiger partial charge in [-0.3, -0.25) is 0 Å². The molecule has 1 saturated carbocycles. The van der Waals surface area contributed by atoms with Crippen LogP contribution in [-0.4, -0.2) is 51.5 Å². The second kappa shape index (κ2) is 10.3. The number of pyridine rings is 1. The zero-order valence-electron chi connectivity index (χ0n) is 18.5. The summed E-state index contributed by atoms with van der Waals surface area (Å²) >= 11 is 0. The Hall–Kier alpha value is -2.03. The highest BCUT2D eigenvalue weighted by atomic mass is 32.2. The summed E-state index contributed by atoms with van der Waals surface area (Å²) in [5.41, 5.74) is 1.40. The van der Waals surface area contributed by atoms with E-state index in [4.69, 9.17) is 4.74 Å². The number of ether oxygens (including phenoxy) is 1. The fraction of sp³-hybridized carbons (Fsp3) is 0.542. The highest BCUT2D eigenvalue weighted by molar-refractivity contribution is 7.88. The van der Waals surface area contributed by atoms with Crippen LogP contribution in [0.25, 0.3) is 0 Å². The van der Waals surface area contributed by atoms with E-state index in [1.807, 2.05) is 6.07 Å². The minimum absolute atomic E-state index is 0.00262. The molecule has 1 aromatic carbocycles. The van der Waals surface area contributed by atoms with Crippen molar-refractivity contribution < 1.29 is 17.5 Å². The van der Waals surface area contributed by atoms with E-state index in [-0.39, 0.29) is 23.9 Å². The first kappa shape index (κ1) is 23.1. The average molecular weight is 462 g/mol. The van der Waals surface area contributed by atoms with E-state index in [1.165, 1.54) is 24.1 Å². The Morgan fingerprint density at radius 3 is 2.50 bits per heavy atom. The first-order valence-corrected chi connectivity index (χ1v) is 13.3. The van der Waals surface area contributed by atoms with Crippen molar-refractivity contribution in [3.63, 3.8) is 0 Å². The summed E-state index contributed by atoms with van der Waals surface area (Å²) in [6, 6.07) is 13.5. The Bertz CT molecular complexity index is 964. The molecule has 174 valence electrons. The van der Waals surface area contributed by atoms with Gasteiger partial charge in [-0.15, -0.1) is 0 Å². The fourth-order valence-corrected chi connectivity index (χ4v) is 5.80. The second-order valence-corrected chi connectivity index (χ2v) is 10.8. The molecule has 0 amide bonds. The molecule has 1 saturated heterocycles. The maximum Gasteiger partial charge on any atom is 0.208 e. The summed E-state index contributed by atoms with van der Waals surface area (Å²) in [5, 5.41) is 0. The predicted molar refractivity (Wildman–Crippen MR) is 124 cm³/mol. The molecule has 0 radical (unpaired) electrons. The molecule has 1 aromatic heterocycles. The second-order valence-electron chi connectivity index (χ2n) is 9.04. The maximum atomic E-state index is 13.3. The van der Waals surface area contributed by atoms with Gasteiger partial charge < -0.3 is 9.64 Å². The van der Waals surface area contributed by atoms with Crippen LogP contribution in [0.2, 0.25) is 0 Å². The van der Waals surface area contributed by atoms with E-state index in [2.05, 4.69) is 38.9 Å². The first-order chi connectivity index (χ1) is 15.4. The van der Waals surface area contributed by atoms with E-state index in [1.54, 1.807) is 6.07 Å². The predicted octanol–water partition coefficient (Wildman–Crippen LogP) is 3.71. The molecule has 1 aliphatic heterocycles. The Labute approximate surface area is 190 Å². The van der Waals surface area contributed by atoms with Crippen molar-refractivity contribution in [2.24, 2.45) is 5.92 Å². The molecule has 6 nitrogen and oxygen atoms in total. The molecule has 32 heavy (non-hydrogen) atoms. The van der Waals surface area contributed by atoms with Gasteiger partial charge in [-0.05, 0) is 55.7 Å². The summed E-state index contributed by atoms with van der Waals surface area (Å²) < 4.78 is 46.1. The Balaban J connectivity index is 1.35. The maximum absolute atomic E-state index is 13.3. The third kappa shape index (κ3) is 6.27. The Morgan fingerprint density at radius 2 is 1.84 bits per heavy atom. The molecule has 4 rings (SSSR count). The van der Waals surface area contributed by atoms with E-state index < -0.39 is 10.0 Å². The number of hydrogen-bond donors (Lipinski definition) is 1. The lowest BCUT2D eigenvalue weighted by Gasteiger charge is -2.40. The van der Waals surface area contributed by atoms with Crippen LogP contribution in [0, 0.1) is 11.7 Å². The molecule has 8 heteroatoms. The van der Waals surface area contributed by atoms with Crippen molar-refractivity contribution in [3.8, 4) is 0 Å². The zero-order valence-corrected chi connectivity index (χ0v) is 19.3. The molecule has 0 unspecified atom stereocenters. The van der Waals surface area contributed by atoms with Crippen LogP contribution in [0.5, 0.6) is 0 Å². The van der Waals surface area contributed by atoms with Gasteiger partial charge in [0.05, 0.1) is 25.2 Å². The van der Waals surface area contributed by atoms with E-state index >= 15 is 0 Å². The lowest BCUT2D eigenvalue weighted by atomic mass is 9.82. The lowest BCUT2D eigenvalue weighted by molar-refractivity contribution is -0.00213. The van der Waals surface area contributed by atoms with Gasteiger partial charge in [0.25, 0.3) is 0 Å². The molecule has 1 aliphatic carbocycles. The zero-order chi connectivity index (χ0) is 22.6. The van der Waals surface area contributed by atoms with Crippen molar-refractivity contribution in [1.29, 1.82) is 0 Å².